The maximum Gasteiger partial charge on any atom is 0.276 e. The van der Waals surface area contributed by atoms with Crippen molar-refractivity contribution in [1.82, 2.24) is 15.0 Å². The number of halogens is 1. The molecule has 1 aliphatic heterocycles. The summed E-state index contributed by atoms with van der Waals surface area (Å²) in [4.78, 5) is 23.9. The molecule has 0 saturated carbocycles. The monoisotopic (exact) mass is 433 g/mol. The number of thioether (sulfide) groups is 2. The van der Waals surface area contributed by atoms with Crippen LogP contribution < -0.4 is 11.5 Å². The zero-order valence-corrected chi connectivity index (χ0v) is 17.0. The van der Waals surface area contributed by atoms with E-state index < -0.39 is 5.24 Å². The molecular weight excluding hydrogens is 418 g/mol. The van der Waals surface area contributed by atoms with Crippen LogP contribution in [-0.2, 0) is 18.0 Å². The Morgan fingerprint density at radius 2 is 2.00 bits per heavy atom. The number of nitrogens with zero attached hydrogens (tertiary/aromatic N) is 3. The number of anilines is 1. The second-order valence-corrected chi connectivity index (χ2v) is 8.61. The Hall–Kier alpha value is -2.07. The molecule has 2 heterocycles. The Labute approximate surface area is 174 Å². The van der Waals surface area contributed by atoms with Crippen LogP contribution in [0.4, 0.5) is 10.7 Å². The minimum atomic E-state index is -0.406. The van der Waals surface area contributed by atoms with Crippen molar-refractivity contribution in [1.29, 1.82) is 0 Å². The van der Waals surface area contributed by atoms with Gasteiger partial charge in [-0.25, -0.2) is 4.98 Å². The summed E-state index contributed by atoms with van der Waals surface area (Å²) in [6.07, 6.45) is 0. The minimum Gasteiger partial charge on any atom is -0.372 e. The van der Waals surface area contributed by atoms with E-state index in [1.54, 1.807) is 0 Å². The molecule has 28 heavy (non-hydrogen) atoms. The predicted molar refractivity (Wildman–Crippen MR) is 113 cm³/mol. The van der Waals surface area contributed by atoms with E-state index in [4.69, 9.17) is 27.8 Å². The second-order valence-electron chi connectivity index (χ2n) is 6.04. The molecule has 1 aliphatic rings. The largest absolute Gasteiger partial charge is 0.372 e. The van der Waals surface area contributed by atoms with Crippen molar-refractivity contribution in [2.75, 3.05) is 17.2 Å². The number of primary amides is 1. The highest BCUT2D eigenvalue weighted by Crippen LogP contribution is 2.39. The molecule has 10 heteroatoms. The van der Waals surface area contributed by atoms with Crippen LogP contribution in [0, 0.1) is 0 Å². The van der Waals surface area contributed by atoms with Gasteiger partial charge in [0.2, 0.25) is 5.95 Å². The number of benzene rings is 2. The Balaban J connectivity index is 1.75. The first kappa shape index (κ1) is 19.3. The van der Waals surface area contributed by atoms with E-state index in [-0.39, 0.29) is 5.95 Å². The molecule has 0 unspecified atom stereocenters. The molecule has 4 N–H and O–H groups in total. The summed E-state index contributed by atoms with van der Waals surface area (Å²) in [6.45, 7) is 1.08. The first-order valence-electron chi connectivity index (χ1n) is 8.40. The number of hydrogen-bond donors (Lipinski definition) is 2. The fourth-order valence-electron chi connectivity index (χ4n) is 3.17. The van der Waals surface area contributed by atoms with E-state index in [0.29, 0.717) is 40.7 Å². The van der Waals surface area contributed by atoms with E-state index in [1.807, 2.05) is 24.3 Å². The van der Waals surface area contributed by atoms with Gasteiger partial charge in [0.1, 0.15) is 0 Å². The summed E-state index contributed by atoms with van der Waals surface area (Å²) in [5, 5.41) is 2.70. The van der Waals surface area contributed by atoms with Crippen molar-refractivity contribution < 1.29 is 9.53 Å². The first-order chi connectivity index (χ1) is 13.5. The summed E-state index contributed by atoms with van der Waals surface area (Å²) in [6, 6.07) is 7.92. The molecule has 0 aliphatic carbocycles. The second kappa shape index (κ2) is 8.12. The van der Waals surface area contributed by atoms with E-state index in [1.165, 1.54) is 11.8 Å². The lowest BCUT2D eigenvalue weighted by atomic mass is 9.94. The molecule has 0 fully saturated rings. The van der Waals surface area contributed by atoms with Crippen molar-refractivity contribution in [2.24, 2.45) is 5.73 Å². The highest BCUT2D eigenvalue weighted by molar-refractivity contribution is 8.14. The molecule has 0 saturated heterocycles. The van der Waals surface area contributed by atoms with E-state index >= 15 is 0 Å². The average molecular weight is 434 g/mol. The van der Waals surface area contributed by atoms with Crippen molar-refractivity contribution in [3.63, 3.8) is 0 Å². The first-order valence-corrected chi connectivity index (χ1v) is 10.8. The molecule has 0 bridgehead atoms. The molecule has 4 rings (SSSR count). The van der Waals surface area contributed by atoms with Gasteiger partial charge in [-0.15, -0.1) is 0 Å². The van der Waals surface area contributed by atoms with Crippen molar-refractivity contribution >= 4 is 57.1 Å². The summed E-state index contributed by atoms with van der Waals surface area (Å²) < 4.78 is 5.64. The van der Waals surface area contributed by atoms with Crippen LogP contribution in [-0.4, -0.2) is 31.7 Å². The smallest absolute Gasteiger partial charge is 0.276 e. The predicted octanol–water partition coefficient (Wildman–Crippen LogP) is 3.86. The molecule has 3 aromatic rings. The molecule has 1 aromatic heterocycles. The third-order valence-electron chi connectivity index (χ3n) is 4.21. The van der Waals surface area contributed by atoms with Gasteiger partial charge in [-0.3, -0.25) is 4.79 Å². The number of aromatic nitrogens is 3. The zero-order valence-electron chi connectivity index (χ0n) is 14.6. The summed E-state index contributed by atoms with van der Waals surface area (Å²) >= 11 is 9.05. The van der Waals surface area contributed by atoms with Gasteiger partial charge in [0.15, 0.2) is 11.0 Å². The average Bonchev–Trinajstić information content (AvgIpc) is 2.65. The fraction of sp³-hybridized carbons (Fsp3) is 0.222. The molecule has 7 nitrogen and oxygen atoms in total. The standard InChI is InChI=1S/C18H16ClN5O2S2/c19-12-6-10-8-26-7-9-2-1-3-11(13(9)10)14(12)15-22-16(20)24-18(23-15)28-5-4-27-17(21)25/h1-3,6H,4-5,7-8H2,(H2,21,25)(H2,20,22,23,24). The number of hydrogen-bond acceptors (Lipinski definition) is 8. The normalized spacial score (nSPS) is 13.0. The Morgan fingerprint density at radius 1 is 1.18 bits per heavy atom. The third kappa shape index (κ3) is 3.88. The topological polar surface area (TPSA) is 117 Å². The highest BCUT2D eigenvalue weighted by Gasteiger charge is 2.20. The van der Waals surface area contributed by atoms with E-state index in [2.05, 4.69) is 15.0 Å². The van der Waals surface area contributed by atoms with Gasteiger partial charge in [-0.1, -0.05) is 53.3 Å². The van der Waals surface area contributed by atoms with Gasteiger partial charge in [0.25, 0.3) is 5.24 Å². The number of ether oxygens (including phenoxy) is 1. The summed E-state index contributed by atoms with van der Waals surface area (Å²) in [5.74, 6) is 1.72. The molecule has 2 aromatic carbocycles. The lowest BCUT2D eigenvalue weighted by molar-refractivity contribution is 0.103. The maximum absolute atomic E-state index is 10.8. The lowest BCUT2D eigenvalue weighted by Crippen LogP contribution is -2.07. The van der Waals surface area contributed by atoms with Crippen molar-refractivity contribution in [3.05, 3.63) is 40.4 Å². The SMILES string of the molecule is NC(=O)SCCSc1nc(N)nc(-c2c(Cl)cc3c4c(cccc24)COC3)n1. The zero-order chi connectivity index (χ0) is 19.7. The fourth-order valence-corrected chi connectivity index (χ4v) is 4.85. The minimum absolute atomic E-state index is 0.120. The number of carbonyl (C=O) groups excluding carboxylic acids is 1. The van der Waals surface area contributed by atoms with Crippen LogP contribution in [0.2, 0.25) is 5.02 Å². The van der Waals surface area contributed by atoms with Crippen LogP contribution in [0.5, 0.6) is 0 Å². The molecule has 0 atom stereocenters. The number of carbonyl (C=O) groups is 1. The maximum atomic E-state index is 10.8. The molecular formula is C18H16ClN5O2S2. The van der Waals surface area contributed by atoms with Crippen molar-refractivity contribution in [2.45, 2.75) is 18.4 Å². The van der Waals surface area contributed by atoms with Gasteiger partial charge < -0.3 is 16.2 Å². The third-order valence-corrected chi connectivity index (χ3v) is 6.31. The number of nitrogen functional groups attached to an aromatic ring is 1. The van der Waals surface area contributed by atoms with Crippen LogP contribution >= 0.6 is 35.1 Å². The Bertz CT molecular complexity index is 1080. The van der Waals surface area contributed by atoms with Gasteiger partial charge >= 0.3 is 0 Å². The summed E-state index contributed by atoms with van der Waals surface area (Å²) in [5.41, 5.74) is 13.9. The quantitative estimate of drug-likeness (QED) is 0.460. The van der Waals surface area contributed by atoms with Gasteiger partial charge in [-0.05, 0) is 28.0 Å². The van der Waals surface area contributed by atoms with Crippen LogP contribution in [0.3, 0.4) is 0 Å². The lowest BCUT2D eigenvalue weighted by Gasteiger charge is -2.20. The number of nitrogens with two attached hydrogens (primary N) is 2. The molecule has 0 spiro atoms. The summed E-state index contributed by atoms with van der Waals surface area (Å²) in [7, 11) is 0. The van der Waals surface area contributed by atoms with Crippen LogP contribution in [0.1, 0.15) is 11.1 Å². The molecule has 1 amide bonds. The van der Waals surface area contributed by atoms with Gasteiger partial charge in [-0.2, -0.15) is 9.97 Å². The molecule has 144 valence electrons. The molecule has 0 radical (unpaired) electrons. The Morgan fingerprint density at radius 3 is 2.82 bits per heavy atom. The van der Waals surface area contributed by atoms with Crippen molar-refractivity contribution in [3.8, 4) is 11.4 Å². The van der Waals surface area contributed by atoms with E-state index in [0.717, 1.165) is 39.2 Å². The van der Waals surface area contributed by atoms with Crippen LogP contribution in [0.25, 0.3) is 22.2 Å². The van der Waals surface area contributed by atoms with Gasteiger partial charge in [0, 0.05) is 17.1 Å². The highest BCUT2D eigenvalue weighted by atomic mass is 35.5. The van der Waals surface area contributed by atoms with Crippen LogP contribution in [0.15, 0.2) is 29.4 Å². The number of rotatable bonds is 5. The Kier molecular flexibility index (Phi) is 5.58. The van der Waals surface area contributed by atoms with Gasteiger partial charge in [0.05, 0.1) is 18.2 Å². The number of amides is 1. The van der Waals surface area contributed by atoms with E-state index in [9.17, 15) is 4.79 Å².